The maximum absolute atomic E-state index is 13.1. The standard InChI is InChI=1S/C17H14FN/c18-16-8-9-17-15(13-16)10-12-19(17)11-4-7-14-5-2-1-3-6-14/h1-10,12-13H,11H2/b7-4+. The predicted octanol–water partition coefficient (Wildman–Crippen LogP) is 4.49. The van der Waals surface area contributed by atoms with Crippen molar-refractivity contribution in [3.8, 4) is 0 Å². The van der Waals surface area contributed by atoms with Gasteiger partial charge in [0.1, 0.15) is 5.82 Å². The minimum Gasteiger partial charge on any atom is -0.344 e. The summed E-state index contributed by atoms with van der Waals surface area (Å²) in [4.78, 5) is 0. The largest absolute Gasteiger partial charge is 0.344 e. The van der Waals surface area contributed by atoms with Crippen LogP contribution in [0.4, 0.5) is 4.39 Å². The Bertz CT molecular complexity index is 710. The maximum Gasteiger partial charge on any atom is 0.123 e. The van der Waals surface area contributed by atoms with Gasteiger partial charge in [0.25, 0.3) is 0 Å². The first-order chi connectivity index (χ1) is 9.33. The zero-order valence-electron chi connectivity index (χ0n) is 10.5. The van der Waals surface area contributed by atoms with Crippen LogP contribution in [0.1, 0.15) is 5.56 Å². The summed E-state index contributed by atoms with van der Waals surface area (Å²) in [6, 6.07) is 17.0. The zero-order valence-corrected chi connectivity index (χ0v) is 10.5. The van der Waals surface area contributed by atoms with Crippen LogP contribution in [0.25, 0.3) is 17.0 Å². The lowest BCUT2D eigenvalue weighted by Gasteiger charge is -2.01. The number of rotatable bonds is 3. The van der Waals surface area contributed by atoms with Gasteiger partial charge in [0, 0.05) is 23.6 Å². The molecule has 3 rings (SSSR count). The third kappa shape index (κ3) is 2.58. The Morgan fingerprint density at radius 2 is 1.84 bits per heavy atom. The fourth-order valence-electron chi connectivity index (χ4n) is 2.20. The maximum atomic E-state index is 13.1. The van der Waals surface area contributed by atoms with Crippen molar-refractivity contribution in [3.05, 3.63) is 78.3 Å². The average molecular weight is 251 g/mol. The molecule has 0 N–H and O–H groups in total. The fraction of sp³-hybridized carbons (Fsp3) is 0.0588. The van der Waals surface area contributed by atoms with E-state index in [1.54, 1.807) is 6.07 Å². The molecule has 1 heterocycles. The molecule has 0 aliphatic rings. The van der Waals surface area contributed by atoms with Crippen LogP contribution in [0, 0.1) is 5.82 Å². The van der Waals surface area contributed by atoms with E-state index in [2.05, 4.69) is 28.9 Å². The second kappa shape index (κ2) is 5.11. The lowest BCUT2D eigenvalue weighted by Crippen LogP contribution is -1.92. The van der Waals surface area contributed by atoms with Gasteiger partial charge in [0.2, 0.25) is 0 Å². The van der Waals surface area contributed by atoms with E-state index in [1.165, 1.54) is 11.6 Å². The van der Waals surface area contributed by atoms with Crippen molar-refractivity contribution in [3.63, 3.8) is 0 Å². The van der Waals surface area contributed by atoms with Crippen molar-refractivity contribution < 1.29 is 4.39 Å². The Hall–Kier alpha value is -2.35. The Kier molecular flexibility index (Phi) is 3.15. The first-order valence-corrected chi connectivity index (χ1v) is 6.29. The molecule has 0 fully saturated rings. The molecular formula is C17H14FN. The lowest BCUT2D eigenvalue weighted by atomic mass is 10.2. The number of aromatic nitrogens is 1. The summed E-state index contributed by atoms with van der Waals surface area (Å²) in [6.07, 6.45) is 6.19. The summed E-state index contributed by atoms with van der Waals surface area (Å²) in [5.41, 5.74) is 2.24. The number of benzene rings is 2. The van der Waals surface area contributed by atoms with Crippen LogP contribution in [-0.2, 0) is 6.54 Å². The molecule has 0 saturated carbocycles. The normalized spacial score (nSPS) is 11.4. The Morgan fingerprint density at radius 1 is 1.00 bits per heavy atom. The van der Waals surface area contributed by atoms with Crippen molar-refractivity contribution in [1.29, 1.82) is 0 Å². The van der Waals surface area contributed by atoms with Gasteiger partial charge in [0.05, 0.1) is 0 Å². The van der Waals surface area contributed by atoms with Gasteiger partial charge in [-0.2, -0.15) is 0 Å². The molecule has 1 aromatic heterocycles. The number of hydrogen-bond donors (Lipinski definition) is 0. The zero-order chi connectivity index (χ0) is 13.1. The smallest absolute Gasteiger partial charge is 0.123 e. The van der Waals surface area contributed by atoms with Gasteiger partial charge >= 0.3 is 0 Å². The van der Waals surface area contributed by atoms with Gasteiger partial charge in [-0.1, -0.05) is 42.5 Å². The summed E-state index contributed by atoms with van der Waals surface area (Å²) < 4.78 is 15.2. The molecule has 0 radical (unpaired) electrons. The summed E-state index contributed by atoms with van der Waals surface area (Å²) in [7, 11) is 0. The molecule has 0 saturated heterocycles. The van der Waals surface area contributed by atoms with Crippen LogP contribution in [-0.4, -0.2) is 4.57 Å². The average Bonchev–Trinajstić information content (AvgIpc) is 2.82. The van der Waals surface area contributed by atoms with Gasteiger partial charge in [-0.15, -0.1) is 0 Å². The first kappa shape index (κ1) is 11.7. The molecule has 0 amide bonds. The van der Waals surface area contributed by atoms with Crippen LogP contribution < -0.4 is 0 Å². The molecule has 3 aromatic rings. The number of allylic oxidation sites excluding steroid dienone is 1. The van der Waals surface area contributed by atoms with Gasteiger partial charge in [0.15, 0.2) is 0 Å². The van der Waals surface area contributed by atoms with Crippen molar-refractivity contribution in [2.24, 2.45) is 0 Å². The van der Waals surface area contributed by atoms with E-state index in [4.69, 9.17) is 0 Å². The van der Waals surface area contributed by atoms with Crippen LogP contribution >= 0.6 is 0 Å². The highest BCUT2D eigenvalue weighted by atomic mass is 19.1. The van der Waals surface area contributed by atoms with E-state index in [0.29, 0.717) is 0 Å². The van der Waals surface area contributed by atoms with Gasteiger partial charge in [-0.3, -0.25) is 0 Å². The topological polar surface area (TPSA) is 4.93 Å². The molecule has 2 aromatic carbocycles. The van der Waals surface area contributed by atoms with Crippen molar-refractivity contribution in [2.45, 2.75) is 6.54 Å². The molecule has 0 spiro atoms. The van der Waals surface area contributed by atoms with Crippen LogP contribution in [0.5, 0.6) is 0 Å². The number of halogens is 1. The summed E-state index contributed by atoms with van der Waals surface area (Å²) >= 11 is 0. The molecule has 0 bridgehead atoms. The van der Waals surface area contributed by atoms with E-state index >= 15 is 0 Å². The van der Waals surface area contributed by atoms with Crippen molar-refractivity contribution >= 4 is 17.0 Å². The molecule has 0 aliphatic heterocycles. The minimum atomic E-state index is -0.190. The van der Waals surface area contributed by atoms with Gasteiger partial charge in [-0.05, 0) is 29.8 Å². The second-order valence-corrected chi connectivity index (χ2v) is 4.48. The summed E-state index contributed by atoms with van der Waals surface area (Å²) in [5.74, 6) is -0.190. The third-order valence-electron chi connectivity index (χ3n) is 3.15. The molecule has 94 valence electrons. The Labute approximate surface area is 111 Å². The summed E-state index contributed by atoms with van der Waals surface area (Å²) in [6.45, 7) is 0.782. The number of nitrogens with zero attached hydrogens (tertiary/aromatic N) is 1. The van der Waals surface area contributed by atoms with E-state index in [0.717, 1.165) is 17.4 Å². The van der Waals surface area contributed by atoms with Crippen LogP contribution in [0.2, 0.25) is 0 Å². The van der Waals surface area contributed by atoms with E-state index in [1.807, 2.05) is 36.5 Å². The Morgan fingerprint density at radius 3 is 2.68 bits per heavy atom. The lowest BCUT2D eigenvalue weighted by molar-refractivity contribution is 0.629. The van der Waals surface area contributed by atoms with Crippen LogP contribution in [0.3, 0.4) is 0 Å². The second-order valence-electron chi connectivity index (χ2n) is 4.48. The quantitative estimate of drug-likeness (QED) is 0.646. The highest BCUT2D eigenvalue weighted by Crippen LogP contribution is 2.17. The van der Waals surface area contributed by atoms with Crippen molar-refractivity contribution in [1.82, 2.24) is 4.57 Å². The highest BCUT2D eigenvalue weighted by Gasteiger charge is 2.00. The molecule has 1 nitrogen and oxygen atoms in total. The van der Waals surface area contributed by atoms with E-state index < -0.39 is 0 Å². The van der Waals surface area contributed by atoms with Gasteiger partial charge in [-0.25, -0.2) is 4.39 Å². The van der Waals surface area contributed by atoms with Gasteiger partial charge < -0.3 is 4.57 Å². The molecule has 2 heteroatoms. The van der Waals surface area contributed by atoms with Crippen molar-refractivity contribution in [2.75, 3.05) is 0 Å². The molecule has 0 atom stereocenters. The summed E-state index contributed by atoms with van der Waals surface area (Å²) in [5, 5.41) is 0.938. The molecule has 0 unspecified atom stereocenters. The molecule has 19 heavy (non-hydrogen) atoms. The van der Waals surface area contributed by atoms with E-state index in [9.17, 15) is 4.39 Å². The fourth-order valence-corrected chi connectivity index (χ4v) is 2.20. The third-order valence-corrected chi connectivity index (χ3v) is 3.15. The Balaban J connectivity index is 1.81. The monoisotopic (exact) mass is 251 g/mol. The number of fused-ring (bicyclic) bond motifs is 1. The van der Waals surface area contributed by atoms with Crippen LogP contribution in [0.15, 0.2) is 66.9 Å². The highest BCUT2D eigenvalue weighted by molar-refractivity contribution is 5.80. The van der Waals surface area contributed by atoms with E-state index in [-0.39, 0.29) is 5.82 Å². The molecule has 0 aliphatic carbocycles. The molecular weight excluding hydrogens is 237 g/mol. The number of hydrogen-bond acceptors (Lipinski definition) is 0. The predicted molar refractivity (Wildman–Crippen MR) is 77.4 cm³/mol. The first-order valence-electron chi connectivity index (χ1n) is 6.29. The minimum absolute atomic E-state index is 0.190. The SMILES string of the molecule is Fc1ccc2c(ccn2C/C=C/c2ccccc2)c1.